The van der Waals surface area contributed by atoms with Crippen molar-refractivity contribution in [3.05, 3.63) is 0 Å². The quantitative estimate of drug-likeness (QED) is 0.456. The lowest BCUT2D eigenvalue weighted by Gasteiger charge is -2.38. The average molecular weight is 182 g/mol. The van der Waals surface area contributed by atoms with Gasteiger partial charge in [0, 0.05) is 19.0 Å². The summed E-state index contributed by atoms with van der Waals surface area (Å²) < 4.78 is 0. The lowest BCUT2D eigenvalue weighted by atomic mass is 9.86. The normalized spacial score (nSPS) is 43.8. The zero-order valence-electron chi connectivity index (χ0n) is 8.40. The number of oxime groups is 1. The maximum Gasteiger partial charge on any atom is 0.0589 e. The van der Waals surface area contributed by atoms with Gasteiger partial charge in [-0.05, 0) is 31.7 Å². The van der Waals surface area contributed by atoms with Crippen LogP contribution in [0.15, 0.2) is 5.16 Å². The molecule has 3 aliphatic rings. The van der Waals surface area contributed by atoms with E-state index in [0.717, 1.165) is 24.5 Å². The van der Waals surface area contributed by atoms with Gasteiger partial charge in [0.25, 0.3) is 0 Å². The van der Waals surface area contributed by atoms with Gasteiger partial charge in [0.15, 0.2) is 0 Å². The van der Waals surface area contributed by atoms with E-state index in [1.165, 1.54) is 13.0 Å². The molecule has 0 radical (unpaired) electrons. The van der Waals surface area contributed by atoms with E-state index < -0.39 is 0 Å². The standard InChI is InChI=1S/C10H18N2O/c1-7-3-8-4-9(11-13)5-10(7)12(2)6-8/h7-8,10,13H,3-6H2,1-2H3/b11-9-/t7-,8+,10-/m0/s1. The van der Waals surface area contributed by atoms with Crippen LogP contribution in [-0.2, 0) is 0 Å². The Bertz CT molecular complexity index is 215. The Morgan fingerprint density at radius 2 is 2.23 bits per heavy atom. The minimum atomic E-state index is 0.602. The molecule has 1 N–H and O–H groups in total. The fraction of sp³-hybridized carbons (Fsp3) is 0.900. The molecule has 2 aliphatic heterocycles. The van der Waals surface area contributed by atoms with Gasteiger partial charge in [-0.15, -0.1) is 0 Å². The second-order valence-corrected chi connectivity index (χ2v) is 4.66. The Morgan fingerprint density at radius 1 is 1.46 bits per heavy atom. The lowest BCUT2D eigenvalue weighted by Crippen LogP contribution is -2.43. The summed E-state index contributed by atoms with van der Waals surface area (Å²) in [6.45, 7) is 3.49. The van der Waals surface area contributed by atoms with Crippen molar-refractivity contribution in [3.8, 4) is 0 Å². The molecule has 3 rings (SSSR count). The fourth-order valence-electron chi connectivity index (χ4n) is 2.98. The van der Waals surface area contributed by atoms with Gasteiger partial charge >= 0.3 is 0 Å². The molecule has 0 amide bonds. The van der Waals surface area contributed by atoms with E-state index in [-0.39, 0.29) is 0 Å². The van der Waals surface area contributed by atoms with E-state index in [9.17, 15) is 0 Å². The summed E-state index contributed by atoms with van der Waals surface area (Å²) in [6.07, 6.45) is 3.26. The minimum Gasteiger partial charge on any atom is -0.411 e. The Balaban J connectivity index is 2.21. The molecule has 0 aromatic heterocycles. The van der Waals surface area contributed by atoms with Crippen LogP contribution in [0.4, 0.5) is 0 Å². The number of piperidine rings is 1. The van der Waals surface area contributed by atoms with Crippen LogP contribution in [0.2, 0.25) is 0 Å². The number of rotatable bonds is 0. The van der Waals surface area contributed by atoms with Crippen molar-refractivity contribution in [3.63, 3.8) is 0 Å². The van der Waals surface area contributed by atoms with Gasteiger partial charge in [-0.2, -0.15) is 0 Å². The zero-order chi connectivity index (χ0) is 9.42. The molecule has 3 heteroatoms. The van der Waals surface area contributed by atoms with E-state index in [4.69, 9.17) is 5.21 Å². The highest BCUT2D eigenvalue weighted by Crippen LogP contribution is 2.34. The van der Waals surface area contributed by atoms with Gasteiger partial charge < -0.3 is 10.1 Å². The van der Waals surface area contributed by atoms with Gasteiger partial charge in [-0.1, -0.05) is 12.1 Å². The van der Waals surface area contributed by atoms with Crippen LogP contribution in [-0.4, -0.2) is 35.5 Å². The predicted molar refractivity (Wildman–Crippen MR) is 52.1 cm³/mol. The highest BCUT2D eigenvalue weighted by molar-refractivity contribution is 5.85. The molecular weight excluding hydrogens is 164 g/mol. The molecule has 0 aromatic rings. The van der Waals surface area contributed by atoms with Crippen LogP contribution in [0, 0.1) is 11.8 Å². The van der Waals surface area contributed by atoms with Gasteiger partial charge in [0.05, 0.1) is 5.71 Å². The van der Waals surface area contributed by atoms with Gasteiger partial charge in [-0.3, -0.25) is 0 Å². The fourth-order valence-corrected chi connectivity index (χ4v) is 2.98. The van der Waals surface area contributed by atoms with E-state index in [1.807, 2.05) is 0 Å². The number of fused-ring (bicyclic) bond motifs is 4. The summed E-state index contributed by atoms with van der Waals surface area (Å²) in [5.41, 5.74) is 1.00. The molecule has 1 aliphatic carbocycles. The Kier molecular flexibility index (Phi) is 2.28. The largest absolute Gasteiger partial charge is 0.411 e. The summed E-state index contributed by atoms with van der Waals surface area (Å²) >= 11 is 0. The molecule has 2 heterocycles. The second kappa shape index (κ2) is 3.29. The van der Waals surface area contributed by atoms with Crippen molar-refractivity contribution < 1.29 is 5.21 Å². The summed E-state index contributed by atoms with van der Waals surface area (Å²) in [5, 5.41) is 12.2. The predicted octanol–water partition coefficient (Wildman–Crippen LogP) is 1.57. The molecule has 3 atom stereocenters. The summed E-state index contributed by atoms with van der Waals surface area (Å²) in [5.74, 6) is 1.47. The summed E-state index contributed by atoms with van der Waals surface area (Å²) in [7, 11) is 2.19. The van der Waals surface area contributed by atoms with Crippen molar-refractivity contribution in [1.82, 2.24) is 4.90 Å². The van der Waals surface area contributed by atoms with Crippen molar-refractivity contribution >= 4 is 5.71 Å². The van der Waals surface area contributed by atoms with Gasteiger partial charge in [0.1, 0.15) is 0 Å². The SMILES string of the molecule is C[C@H]1C[C@@H]2C/C(=N/O)C[C@@H]1N(C)C2. The summed E-state index contributed by atoms with van der Waals surface area (Å²) in [6, 6.07) is 0.602. The number of hydrogen-bond donors (Lipinski definition) is 1. The highest BCUT2D eigenvalue weighted by atomic mass is 16.4. The van der Waals surface area contributed by atoms with Crippen LogP contribution in [0.25, 0.3) is 0 Å². The highest BCUT2D eigenvalue weighted by Gasteiger charge is 2.36. The van der Waals surface area contributed by atoms with Crippen LogP contribution < -0.4 is 0 Å². The maximum atomic E-state index is 8.82. The topological polar surface area (TPSA) is 35.8 Å². The third-order valence-electron chi connectivity index (χ3n) is 3.58. The molecule has 3 nitrogen and oxygen atoms in total. The molecule has 2 bridgehead atoms. The molecule has 0 unspecified atom stereocenters. The van der Waals surface area contributed by atoms with E-state index >= 15 is 0 Å². The molecule has 13 heavy (non-hydrogen) atoms. The lowest BCUT2D eigenvalue weighted by molar-refractivity contribution is 0.106. The van der Waals surface area contributed by atoms with Crippen LogP contribution >= 0.6 is 0 Å². The number of hydrogen-bond acceptors (Lipinski definition) is 3. The van der Waals surface area contributed by atoms with Crippen LogP contribution in [0.1, 0.15) is 26.2 Å². The van der Waals surface area contributed by atoms with E-state index in [2.05, 4.69) is 24.0 Å². The van der Waals surface area contributed by atoms with Crippen molar-refractivity contribution in [2.24, 2.45) is 17.0 Å². The van der Waals surface area contributed by atoms with Crippen LogP contribution in [0.5, 0.6) is 0 Å². The third-order valence-corrected chi connectivity index (χ3v) is 3.58. The van der Waals surface area contributed by atoms with Crippen molar-refractivity contribution in [1.29, 1.82) is 0 Å². The Labute approximate surface area is 79.4 Å². The first-order valence-corrected chi connectivity index (χ1v) is 5.10. The first-order valence-electron chi connectivity index (χ1n) is 5.10. The van der Waals surface area contributed by atoms with Crippen molar-refractivity contribution in [2.75, 3.05) is 13.6 Å². The smallest absolute Gasteiger partial charge is 0.0589 e. The summed E-state index contributed by atoms with van der Waals surface area (Å²) in [4.78, 5) is 2.43. The van der Waals surface area contributed by atoms with Crippen molar-refractivity contribution in [2.45, 2.75) is 32.2 Å². The van der Waals surface area contributed by atoms with E-state index in [0.29, 0.717) is 12.0 Å². The van der Waals surface area contributed by atoms with Crippen LogP contribution in [0.3, 0.4) is 0 Å². The monoisotopic (exact) mass is 182 g/mol. The number of nitrogens with zero attached hydrogens (tertiary/aromatic N) is 2. The Morgan fingerprint density at radius 3 is 2.85 bits per heavy atom. The zero-order valence-corrected chi connectivity index (χ0v) is 8.40. The molecule has 0 spiro atoms. The Hall–Kier alpha value is -0.570. The van der Waals surface area contributed by atoms with Gasteiger partial charge in [0.2, 0.25) is 0 Å². The molecule has 3 fully saturated rings. The molecule has 74 valence electrons. The molecule has 1 saturated carbocycles. The minimum absolute atomic E-state index is 0.602. The maximum absolute atomic E-state index is 8.82. The average Bonchev–Trinajstić information content (AvgIpc) is 2.32. The first-order chi connectivity index (χ1) is 6.20. The molecule has 2 saturated heterocycles. The first kappa shape index (κ1) is 9.00. The van der Waals surface area contributed by atoms with E-state index in [1.54, 1.807) is 0 Å². The second-order valence-electron chi connectivity index (χ2n) is 4.66. The molecule has 0 aromatic carbocycles. The third kappa shape index (κ3) is 1.57. The molecular formula is C10H18N2O. The van der Waals surface area contributed by atoms with Gasteiger partial charge in [-0.25, -0.2) is 0 Å².